The highest BCUT2D eigenvalue weighted by atomic mass is 32.1. The van der Waals surface area contributed by atoms with Gasteiger partial charge in [-0.05, 0) is 67.7 Å². The van der Waals surface area contributed by atoms with Crippen molar-refractivity contribution in [2.24, 2.45) is 7.05 Å². The molecule has 27 heavy (non-hydrogen) atoms. The molecule has 3 aromatic rings. The Morgan fingerprint density at radius 3 is 2.44 bits per heavy atom. The summed E-state index contributed by atoms with van der Waals surface area (Å²) < 4.78 is 7.52. The lowest BCUT2D eigenvalue weighted by Gasteiger charge is -2.28. The number of aromatic nitrogens is 2. The maximum Gasteiger partial charge on any atom is 0.174 e. The summed E-state index contributed by atoms with van der Waals surface area (Å²) in [6.45, 7) is 2.11. The molecule has 5 nitrogen and oxygen atoms in total. The molecule has 1 aliphatic heterocycles. The normalized spacial score (nSPS) is 19.2. The van der Waals surface area contributed by atoms with Crippen molar-refractivity contribution in [1.82, 2.24) is 14.9 Å². The average Bonchev–Trinajstić information content (AvgIpc) is 3.22. The third-order valence-corrected chi connectivity index (χ3v) is 5.48. The van der Waals surface area contributed by atoms with Crippen LogP contribution in [0.5, 0.6) is 5.75 Å². The lowest BCUT2D eigenvalue weighted by atomic mass is 10.0. The number of pyridine rings is 1. The van der Waals surface area contributed by atoms with Crippen molar-refractivity contribution in [2.45, 2.75) is 19.0 Å². The van der Waals surface area contributed by atoms with Crippen molar-refractivity contribution >= 4 is 23.0 Å². The Morgan fingerprint density at radius 1 is 1.07 bits per heavy atom. The highest BCUT2D eigenvalue weighted by molar-refractivity contribution is 7.80. The van der Waals surface area contributed by atoms with Gasteiger partial charge < -0.3 is 19.5 Å². The van der Waals surface area contributed by atoms with Crippen LogP contribution in [0.1, 0.15) is 29.2 Å². The zero-order valence-corrected chi connectivity index (χ0v) is 16.4. The van der Waals surface area contributed by atoms with Crippen molar-refractivity contribution in [3.8, 4) is 5.75 Å². The first-order valence-electron chi connectivity index (χ1n) is 8.87. The molecule has 0 amide bonds. The number of benzene rings is 1. The Balaban J connectivity index is 1.83. The molecule has 1 aromatic carbocycles. The van der Waals surface area contributed by atoms with E-state index in [1.165, 1.54) is 11.4 Å². The van der Waals surface area contributed by atoms with Gasteiger partial charge in [0.1, 0.15) is 11.8 Å². The van der Waals surface area contributed by atoms with Crippen LogP contribution in [0.4, 0.5) is 5.69 Å². The van der Waals surface area contributed by atoms with Crippen LogP contribution >= 0.6 is 12.2 Å². The fourth-order valence-electron chi connectivity index (χ4n) is 3.61. The van der Waals surface area contributed by atoms with E-state index in [0.29, 0.717) is 5.11 Å². The molecule has 2 aromatic heterocycles. The predicted octanol–water partition coefficient (Wildman–Crippen LogP) is 3.91. The minimum Gasteiger partial charge on any atom is -0.497 e. The number of methoxy groups -OCH3 is 1. The Labute approximate surface area is 164 Å². The maximum absolute atomic E-state index is 5.73. The average molecular weight is 379 g/mol. The molecule has 1 fully saturated rings. The number of thiocarbonyl (C=S) groups is 1. The second-order valence-electron chi connectivity index (χ2n) is 6.65. The van der Waals surface area contributed by atoms with Crippen molar-refractivity contribution in [2.75, 3.05) is 12.0 Å². The van der Waals surface area contributed by atoms with E-state index in [9.17, 15) is 0 Å². The summed E-state index contributed by atoms with van der Waals surface area (Å²) in [5, 5.41) is 4.18. The summed E-state index contributed by atoms with van der Waals surface area (Å²) in [6, 6.07) is 18.2. The van der Waals surface area contributed by atoms with Crippen molar-refractivity contribution in [3.63, 3.8) is 0 Å². The zero-order valence-electron chi connectivity index (χ0n) is 15.6. The Bertz CT molecular complexity index is 952. The molecule has 0 aliphatic carbocycles. The standard InChI is InChI=1S/C21H22N4OS/c1-14-7-12-18(24(14)2)20-19(17-6-4-5-13-22-17)23-21(27)25(20)15-8-10-16(26-3)11-9-15/h4-13,19-20H,1-3H3,(H,23,27)/t19-,20-/m1/s1. The van der Waals surface area contributed by atoms with Crippen LogP contribution in [0.25, 0.3) is 0 Å². The van der Waals surface area contributed by atoms with E-state index in [1.807, 2.05) is 48.7 Å². The van der Waals surface area contributed by atoms with Gasteiger partial charge in [0.2, 0.25) is 0 Å². The van der Waals surface area contributed by atoms with E-state index in [0.717, 1.165) is 17.1 Å². The van der Waals surface area contributed by atoms with Gasteiger partial charge in [-0.15, -0.1) is 0 Å². The number of aryl methyl sites for hydroxylation is 1. The van der Waals surface area contributed by atoms with Gasteiger partial charge in [-0.2, -0.15) is 0 Å². The first-order valence-corrected chi connectivity index (χ1v) is 9.28. The van der Waals surface area contributed by atoms with Gasteiger partial charge in [-0.3, -0.25) is 4.98 Å². The van der Waals surface area contributed by atoms with Crippen molar-refractivity contribution < 1.29 is 4.74 Å². The van der Waals surface area contributed by atoms with E-state index >= 15 is 0 Å². The molecule has 3 heterocycles. The molecule has 138 valence electrons. The third-order valence-electron chi connectivity index (χ3n) is 5.16. The van der Waals surface area contributed by atoms with Gasteiger partial charge >= 0.3 is 0 Å². The number of ether oxygens (including phenoxy) is 1. The molecule has 0 spiro atoms. The van der Waals surface area contributed by atoms with Crippen LogP contribution in [0.15, 0.2) is 60.8 Å². The molecule has 0 bridgehead atoms. The zero-order chi connectivity index (χ0) is 19.0. The van der Waals surface area contributed by atoms with Crippen LogP contribution in [0, 0.1) is 6.92 Å². The Morgan fingerprint density at radius 2 is 1.85 bits per heavy atom. The van der Waals surface area contributed by atoms with Gasteiger partial charge in [-0.25, -0.2) is 0 Å². The van der Waals surface area contributed by atoms with E-state index in [2.05, 4.69) is 45.9 Å². The fraction of sp³-hybridized carbons (Fsp3) is 0.238. The van der Waals surface area contributed by atoms with Gasteiger partial charge in [-0.1, -0.05) is 6.07 Å². The molecule has 6 heteroatoms. The van der Waals surface area contributed by atoms with E-state index in [1.54, 1.807) is 7.11 Å². The van der Waals surface area contributed by atoms with Gasteiger partial charge in [0.05, 0.1) is 18.8 Å². The first-order chi connectivity index (χ1) is 13.1. The SMILES string of the molecule is COc1ccc(N2C(=S)N[C@H](c3ccccn3)[C@H]2c2ccc(C)n2C)cc1. The molecule has 1 saturated heterocycles. The van der Waals surface area contributed by atoms with Crippen molar-refractivity contribution in [3.05, 3.63) is 77.9 Å². The third kappa shape index (κ3) is 3.06. The quantitative estimate of drug-likeness (QED) is 0.697. The molecule has 0 radical (unpaired) electrons. The number of hydrogen-bond acceptors (Lipinski definition) is 3. The van der Waals surface area contributed by atoms with Crippen LogP contribution in [-0.4, -0.2) is 21.8 Å². The first kappa shape index (κ1) is 17.5. The molecular formula is C21H22N4OS. The molecular weight excluding hydrogens is 356 g/mol. The monoisotopic (exact) mass is 378 g/mol. The molecule has 1 aliphatic rings. The summed E-state index contributed by atoms with van der Waals surface area (Å²) in [4.78, 5) is 6.75. The molecule has 0 saturated carbocycles. The molecule has 1 N–H and O–H groups in total. The summed E-state index contributed by atoms with van der Waals surface area (Å²) >= 11 is 5.73. The number of rotatable bonds is 4. The number of nitrogens with one attached hydrogen (secondary N) is 1. The highest BCUT2D eigenvalue weighted by Crippen LogP contribution is 2.41. The highest BCUT2D eigenvalue weighted by Gasteiger charge is 2.41. The summed E-state index contributed by atoms with van der Waals surface area (Å²) in [5.74, 6) is 0.823. The second kappa shape index (κ2) is 7.04. The summed E-state index contributed by atoms with van der Waals surface area (Å²) in [6.07, 6.45) is 1.82. The molecule has 4 rings (SSSR count). The van der Waals surface area contributed by atoms with Gasteiger partial charge in [0.25, 0.3) is 0 Å². The summed E-state index contributed by atoms with van der Waals surface area (Å²) in [7, 11) is 3.76. The van der Waals surface area contributed by atoms with Crippen LogP contribution in [0.2, 0.25) is 0 Å². The summed E-state index contributed by atoms with van der Waals surface area (Å²) in [5.41, 5.74) is 4.39. The van der Waals surface area contributed by atoms with E-state index < -0.39 is 0 Å². The van der Waals surface area contributed by atoms with E-state index in [-0.39, 0.29) is 12.1 Å². The van der Waals surface area contributed by atoms with Crippen LogP contribution < -0.4 is 15.0 Å². The number of hydrogen-bond donors (Lipinski definition) is 1. The fourth-order valence-corrected chi connectivity index (χ4v) is 3.95. The van der Waals surface area contributed by atoms with Crippen molar-refractivity contribution in [1.29, 1.82) is 0 Å². The van der Waals surface area contributed by atoms with E-state index in [4.69, 9.17) is 17.0 Å². The van der Waals surface area contributed by atoms with Crippen LogP contribution in [-0.2, 0) is 7.05 Å². The topological polar surface area (TPSA) is 42.3 Å². The smallest absolute Gasteiger partial charge is 0.174 e. The Hall–Kier alpha value is -2.86. The predicted molar refractivity (Wildman–Crippen MR) is 111 cm³/mol. The molecule has 0 unspecified atom stereocenters. The lowest BCUT2D eigenvalue weighted by Crippen LogP contribution is -2.30. The number of anilines is 1. The minimum absolute atomic E-state index is 0.000468. The lowest BCUT2D eigenvalue weighted by molar-refractivity contribution is 0.415. The van der Waals surface area contributed by atoms with Crippen LogP contribution in [0.3, 0.4) is 0 Å². The second-order valence-corrected chi connectivity index (χ2v) is 7.04. The Kier molecular flexibility index (Phi) is 4.58. The molecule has 2 atom stereocenters. The largest absolute Gasteiger partial charge is 0.497 e. The number of nitrogens with zero attached hydrogens (tertiary/aromatic N) is 3. The van der Waals surface area contributed by atoms with Gasteiger partial charge in [0.15, 0.2) is 5.11 Å². The minimum atomic E-state index is -0.0335. The van der Waals surface area contributed by atoms with Gasteiger partial charge in [0, 0.05) is 30.3 Å². The maximum atomic E-state index is 5.73.